The van der Waals surface area contributed by atoms with E-state index < -0.39 is 23.2 Å². The van der Waals surface area contributed by atoms with Gasteiger partial charge in [-0.15, -0.1) is 0 Å². The van der Waals surface area contributed by atoms with Gasteiger partial charge in [0.2, 0.25) is 0 Å². The van der Waals surface area contributed by atoms with Crippen LogP contribution in [0.5, 0.6) is 0 Å². The molecule has 2 aromatic rings. The van der Waals surface area contributed by atoms with Crippen molar-refractivity contribution in [3.05, 3.63) is 46.3 Å². The number of carbonyl (C=O) groups is 1. The molecule has 6 heteroatoms. The lowest BCUT2D eigenvalue weighted by Gasteiger charge is -2.16. The van der Waals surface area contributed by atoms with Gasteiger partial charge < -0.3 is 0 Å². The summed E-state index contributed by atoms with van der Waals surface area (Å²) in [6.07, 6.45) is -3.68. The summed E-state index contributed by atoms with van der Waals surface area (Å²) in [5.41, 5.74) is 1.24. The van der Waals surface area contributed by atoms with Crippen molar-refractivity contribution in [3.8, 4) is 5.69 Å². The summed E-state index contributed by atoms with van der Waals surface area (Å²) in [5, 5.41) is 3.80. The fraction of sp³-hybridized carbons (Fsp3) is 0.333. The highest BCUT2D eigenvalue weighted by molar-refractivity contribution is 5.95. The van der Waals surface area contributed by atoms with Gasteiger partial charge in [-0.05, 0) is 38.8 Å². The first-order valence-electron chi connectivity index (χ1n) is 6.37. The highest BCUT2D eigenvalue weighted by Gasteiger charge is 2.40. The molecule has 0 bridgehead atoms. The average molecular weight is 296 g/mol. The maximum atomic E-state index is 13.3. The highest BCUT2D eigenvalue weighted by Crippen LogP contribution is 2.35. The Morgan fingerprint density at radius 1 is 1.14 bits per heavy atom. The molecule has 2 rings (SSSR count). The van der Waals surface area contributed by atoms with Crippen LogP contribution in [-0.4, -0.2) is 15.6 Å². The lowest BCUT2D eigenvalue weighted by Crippen LogP contribution is -2.18. The second-order valence-corrected chi connectivity index (χ2v) is 5.12. The van der Waals surface area contributed by atoms with Crippen LogP contribution < -0.4 is 0 Å². The number of aromatic nitrogens is 2. The Balaban J connectivity index is 2.80. The minimum atomic E-state index is -4.65. The number of alkyl halides is 3. The molecule has 0 radical (unpaired) electrons. The number of rotatable bonds is 2. The van der Waals surface area contributed by atoms with Gasteiger partial charge in [-0.1, -0.05) is 17.7 Å². The fourth-order valence-corrected chi connectivity index (χ4v) is 2.55. The Bertz CT molecular complexity index is 691. The molecule has 0 amide bonds. The minimum Gasteiger partial charge on any atom is -0.294 e. The third kappa shape index (κ3) is 2.70. The molecule has 1 aromatic carbocycles. The van der Waals surface area contributed by atoms with Crippen LogP contribution in [0, 0.1) is 20.8 Å². The molecular weight excluding hydrogens is 281 g/mol. The van der Waals surface area contributed by atoms with E-state index in [1.54, 1.807) is 26.0 Å². The number of ketones is 1. The first-order chi connectivity index (χ1) is 9.62. The Labute approximate surface area is 120 Å². The van der Waals surface area contributed by atoms with Gasteiger partial charge in [0.1, 0.15) is 0 Å². The Hall–Kier alpha value is -2.11. The molecule has 21 heavy (non-hydrogen) atoms. The number of hydrogen-bond acceptors (Lipinski definition) is 2. The van der Waals surface area contributed by atoms with Crippen molar-refractivity contribution in [2.24, 2.45) is 0 Å². The van der Waals surface area contributed by atoms with E-state index in [0.29, 0.717) is 16.8 Å². The molecule has 0 aliphatic carbocycles. The molecular formula is C15H15F3N2O. The van der Waals surface area contributed by atoms with E-state index in [4.69, 9.17) is 0 Å². The van der Waals surface area contributed by atoms with Crippen LogP contribution in [0.4, 0.5) is 13.2 Å². The predicted octanol–water partition coefficient (Wildman–Crippen LogP) is 4.02. The second kappa shape index (κ2) is 5.02. The largest absolute Gasteiger partial charge is 0.434 e. The molecule has 0 atom stereocenters. The number of hydrogen-bond donors (Lipinski definition) is 0. The zero-order chi connectivity index (χ0) is 15.9. The Morgan fingerprint density at radius 2 is 1.67 bits per heavy atom. The number of benzene rings is 1. The molecule has 1 aromatic heterocycles. The fourth-order valence-electron chi connectivity index (χ4n) is 2.55. The number of Topliss-reactive ketones (excluding diaryl/α,β-unsaturated/α-hetero) is 1. The SMILES string of the molecule is CC(=O)c1cnn(-c2c(C)cc(C)cc2C)c1C(F)(F)F. The van der Waals surface area contributed by atoms with E-state index >= 15 is 0 Å². The molecule has 1 heterocycles. The van der Waals surface area contributed by atoms with Gasteiger partial charge >= 0.3 is 6.18 Å². The van der Waals surface area contributed by atoms with Gasteiger partial charge in [0.05, 0.1) is 17.4 Å². The Kier molecular flexibility index (Phi) is 3.65. The van der Waals surface area contributed by atoms with Gasteiger partial charge in [0, 0.05) is 0 Å². The lowest BCUT2D eigenvalue weighted by atomic mass is 10.0. The summed E-state index contributed by atoms with van der Waals surface area (Å²) in [4.78, 5) is 11.4. The van der Waals surface area contributed by atoms with Gasteiger partial charge in [-0.3, -0.25) is 4.79 Å². The van der Waals surface area contributed by atoms with Crippen molar-refractivity contribution in [3.63, 3.8) is 0 Å². The summed E-state index contributed by atoms with van der Waals surface area (Å²) in [5.74, 6) is -0.656. The number of carbonyl (C=O) groups excluding carboxylic acids is 1. The summed E-state index contributed by atoms with van der Waals surface area (Å²) in [6, 6.07) is 3.58. The third-order valence-electron chi connectivity index (χ3n) is 3.26. The van der Waals surface area contributed by atoms with E-state index in [2.05, 4.69) is 5.10 Å². The average Bonchev–Trinajstić information content (AvgIpc) is 2.71. The summed E-state index contributed by atoms with van der Waals surface area (Å²) < 4.78 is 40.8. The molecule has 112 valence electrons. The standard InChI is InChI=1S/C15H15F3N2O/c1-8-5-9(2)13(10(3)6-8)20-14(15(16,17)18)12(7-19-20)11(4)21/h5-7H,1-4H3. The van der Waals surface area contributed by atoms with Crippen molar-refractivity contribution in [1.82, 2.24) is 9.78 Å². The molecule has 0 saturated heterocycles. The van der Waals surface area contributed by atoms with Crippen LogP contribution in [0.1, 0.15) is 39.7 Å². The molecule has 0 aliphatic heterocycles. The number of halogens is 3. The molecule has 0 spiro atoms. The van der Waals surface area contributed by atoms with Crippen LogP contribution in [0.15, 0.2) is 18.3 Å². The van der Waals surface area contributed by atoms with Crippen LogP contribution >= 0.6 is 0 Å². The molecule has 0 unspecified atom stereocenters. The molecule has 0 fully saturated rings. The summed E-state index contributed by atoms with van der Waals surface area (Å²) in [6.45, 7) is 6.43. The summed E-state index contributed by atoms with van der Waals surface area (Å²) in [7, 11) is 0. The monoisotopic (exact) mass is 296 g/mol. The van der Waals surface area contributed by atoms with Crippen LogP contribution in [0.25, 0.3) is 5.69 Å². The van der Waals surface area contributed by atoms with Crippen LogP contribution in [0.3, 0.4) is 0 Å². The maximum absolute atomic E-state index is 13.3. The minimum absolute atomic E-state index is 0.362. The third-order valence-corrected chi connectivity index (χ3v) is 3.26. The molecule has 3 nitrogen and oxygen atoms in total. The van der Waals surface area contributed by atoms with Crippen LogP contribution in [-0.2, 0) is 6.18 Å². The van der Waals surface area contributed by atoms with E-state index in [1.807, 2.05) is 6.92 Å². The Morgan fingerprint density at radius 3 is 2.10 bits per heavy atom. The molecule has 0 saturated carbocycles. The topological polar surface area (TPSA) is 34.9 Å². The quantitative estimate of drug-likeness (QED) is 0.785. The normalized spacial score (nSPS) is 11.8. The zero-order valence-corrected chi connectivity index (χ0v) is 12.2. The predicted molar refractivity (Wildman–Crippen MR) is 72.8 cm³/mol. The van der Waals surface area contributed by atoms with E-state index in [-0.39, 0.29) is 0 Å². The maximum Gasteiger partial charge on any atom is 0.434 e. The smallest absolute Gasteiger partial charge is 0.294 e. The van der Waals surface area contributed by atoms with Gasteiger partial charge in [0.15, 0.2) is 11.5 Å². The second-order valence-electron chi connectivity index (χ2n) is 5.12. The van der Waals surface area contributed by atoms with E-state index in [0.717, 1.165) is 23.4 Å². The van der Waals surface area contributed by atoms with E-state index in [9.17, 15) is 18.0 Å². The van der Waals surface area contributed by atoms with Crippen LogP contribution in [0.2, 0.25) is 0 Å². The van der Waals surface area contributed by atoms with Crippen molar-refractivity contribution in [2.75, 3.05) is 0 Å². The first kappa shape index (κ1) is 15.3. The van der Waals surface area contributed by atoms with Crippen molar-refractivity contribution >= 4 is 5.78 Å². The van der Waals surface area contributed by atoms with Gasteiger partial charge in [-0.2, -0.15) is 18.3 Å². The van der Waals surface area contributed by atoms with Gasteiger partial charge in [0.25, 0.3) is 0 Å². The summed E-state index contributed by atoms with van der Waals surface area (Å²) >= 11 is 0. The number of aryl methyl sites for hydroxylation is 3. The van der Waals surface area contributed by atoms with E-state index in [1.165, 1.54) is 0 Å². The lowest BCUT2D eigenvalue weighted by molar-refractivity contribution is -0.143. The molecule has 0 N–H and O–H groups in total. The number of nitrogens with zero attached hydrogens (tertiary/aromatic N) is 2. The van der Waals surface area contributed by atoms with Crippen molar-refractivity contribution in [2.45, 2.75) is 33.9 Å². The van der Waals surface area contributed by atoms with Crippen molar-refractivity contribution < 1.29 is 18.0 Å². The van der Waals surface area contributed by atoms with Crippen molar-refractivity contribution in [1.29, 1.82) is 0 Å². The molecule has 0 aliphatic rings. The van der Waals surface area contributed by atoms with Gasteiger partial charge in [-0.25, -0.2) is 4.68 Å². The first-order valence-corrected chi connectivity index (χ1v) is 6.37. The zero-order valence-electron chi connectivity index (χ0n) is 12.2. The highest BCUT2D eigenvalue weighted by atomic mass is 19.4.